The van der Waals surface area contributed by atoms with Gasteiger partial charge < -0.3 is 5.32 Å². The SMILES string of the molecule is Clc1ccc(NCCCc2ccccc2)c(Cl)c1. The van der Waals surface area contributed by atoms with E-state index in [1.807, 2.05) is 18.2 Å². The molecule has 0 unspecified atom stereocenters. The van der Waals surface area contributed by atoms with Crippen LogP contribution in [0.25, 0.3) is 0 Å². The lowest BCUT2D eigenvalue weighted by molar-refractivity contribution is 0.863. The molecule has 0 aliphatic heterocycles. The number of hydrogen-bond donors (Lipinski definition) is 1. The van der Waals surface area contributed by atoms with E-state index in [0.29, 0.717) is 10.0 Å². The second kappa shape index (κ2) is 6.67. The van der Waals surface area contributed by atoms with Crippen molar-refractivity contribution < 1.29 is 0 Å². The smallest absolute Gasteiger partial charge is 0.0652 e. The summed E-state index contributed by atoms with van der Waals surface area (Å²) in [6.45, 7) is 0.899. The van der Waals surface area contributed by atoms with Gasteiger partial charge in [-0.05, 0) is 36.6 Å². The predicted octanol–water partition coefficient (Wildman–Crippen LogP) is 5.04. The van der Waals surface area contributed by atoms with Crippen molar-refractivity contribution in [1.82, 2.24) is 0 Å². The minimum absolute atomic E-state index is 0.662. The van der Waals surface area contributed by atoms with Gasteiger partial charge in [-0.3, -0.25) is 0 Å². The highest BCUT2D eigenvalue weighted by molar-refractivity contribution is 6.36. The first-order valence-electron chi connectivity index (χ1n) is 5.98. The Bertz CT molecular complexity index is 497. The molecule has 0 radical (unpaired) electrons. The zero-order chi connectivity index (χ0) is 12.8. The lowest BCUT2D eigenvalue weighted by Gasteiger charge is -2.08. The van der Waals surface area contributed by atoms with Gasteiger partial charge in [0.05, 0.1) is 10.7 Å². The summed E-state index contributed by atoms with van der Waals surface area (Å²) in [7, 11) is 0. The van der Waals surface area contributed by atoms with Crippen LogP contribution in [0.3, 0.4) is 0 Å². The maximum Gasteiger partial charge on any atom is 0.0652 e. The number of aryl methyl sites for hydroxylation is 1. The molecule has 0 bridgehead atoms. The normalized spacial score (nSPS) is 10.3. The first-order chi connectivity index (χ1) is 8.75. The molecule has 0 aliphatic rings. The van der Waals surface area contributed by atoms with Crippen LogP contribution >= 0.6 is 23.2 Å². The van der Waals surface area contributed by atoms with Crippen LogP contribution < -0.4 is 5.32 Å². The Labute approximate surface area is 118 Å². The zero-order valence-corrected chi connectivity index (χ0v) is 11.5. The van der Waals surface area contributed by atoms with E-state index >= 15 is 0 Å². The molecule has 3 heteroatoms. The molecule has 0 saturated carbocycles. The van der Waals surface area contributed by atoms with Crippen LogP contribution in [-0.4, -0.2) is 6.54 Å². The predicted molar refractivity (Wildman–Crippen MR) is 79.7 cm³/mol. The van der Waals surface area contributed by atoms with E-state index in [9.17, 15) is 0 Å². The van der Waals surface area contributed by atoms with Crippen LogP contribution in [0.1, 0.15) is 12.0 Å². The summed E-state index contributed by atoms with van der Waals surface area (Å²) in [5, 5.41) is 4.65. The first-order valence-corrected chi connectivity index (χ1v) is 6.74. The third-order valence-electron chi connectivity index (χ3n) is 2.73. The highest BCUT2D eigenvalue weighted by Gasteiger charge is 2.00. The summed E-state index contributed by atoms with van der Waals surface area (Å²) in [5.41, 5.74) is 2.30. The van der Waals surface area contributed by atoms with Gasteiger partial charge in [0, 0.05) is 11.6 Å². The highest BCUT2D eigenvalue weighted by Crippen LogP contribution is 2.25. The molecule has 0 aliphatic carbocycles. The number of anilines is 1. The van der Waals surface area contributed by atoms with Gasteiger partial charge in [0.25, 0.3) is 0 Å². The Morgan fingerprint density at radius 2 is 1.72 bits per heavy atom. The van der Waals surface area contributed by atoms with E-state index in [0.717, 1.165) is 25.1 Å². The van der Waals surface area contributed by atoms with Crippen LogP contribution in [0.2, 0.25) is 10.0 Å². The third-order valence-corrected chi connectivity index (χ3v) is 3.28. The van der Waals surface area contributed by atoms with E-state index in [4.69, 9.17) is 23.2 Å². The van der Waals surface area contributed by atoms with Crippen molar-refractivity contribution >= 4 is 28.9 Å². The molecule has 1 nitrogen and oxygen atoms in total. The number of benzene rings is 2. The molecule has 0 heterocycles. The lowest BCUT2D eigenvalue weighted by atomic mass is 10.1. The Morgan fingerprint density at radius 1 is 0.944 bits per heavy atom. The topological polar surface area (TPSA) is 12.0 Å². The van der Waals surface area contributed by atoms with Gasteiger partial charge in [0.1, 0.15) is 0 Å². The van der Waals surface area contributed by atoms with Crippen molar-refractivity contribution in [3.8, 4) is 0 Å². The van der Waals surface area contributed by atoms with Gasteiger partial charge in [-0.1, -0.05) is 53.5 Å². The van der Waals surface area contributed by atoms with Crippen LogP contribution in [0, 0.1) is 0 Å². The van der Waals surface area contributed by atoms with Crippen molar-refractivity contribution in [2.75, 3.05) is 11.9 Å². The molecule has 1 N–H and O–H groups in total. The molecular formula is C15H15Cl2N. The fourth-order valence-electron chi connectivity index (χ4n) is 1.79. The Balaban J connectivity index is 1.79. The second-order valence-electron chi connectivity index (χ2n) is 4.14. The minimum atomic E-state index is 0.662. The van der Waals surface area contributed by atoms with Crippen molar-refractivity contribution in [2.24, 2.45) is 0 Å². The van der Waals surface area contributed by atoms with Crippen molar-refractivity contribution in [1.29, 1.82) is 0 Å². The number of halogens is 2. The van der Waals surface area contributed by atoms with Gasteiger partial charge in [-0.15, -0.1) is 0 Å². The summed E-state index contributed by atoms with van der Waals surface area (Å²) in [4.78, 5) is 0. The van der Waals surface area contributed by atoms with E-state index in [2.05, 4.69) is 29.6 Å². The van der Waals surface area contributed by atoms with E-state index < -0.39 is 0 Å². The fraction of sp³-hybridized carbons (Fsp3) is 0.200. The largest absolute Gasteiger partial charge is 0.384 e. The van der Waals surface area contributed by atoms with Crippen molar-refractivity contribution in [3.05, 3.63) is 64.1 Å². The standard InChI is InChI=1S/C15H15Cl2N/c16-13-8-9-15(14(17)11-13)18-10-4-7-12-5-2-1-3-6-12/h1-3,5-6,8-9,11,18H,4,7,10H2. The molecule has 94 valence electrons. The molecule has 0 aromatic heterocycles. The Hall–Kier alpha value is -1.18. The lowest BCUT2D eigenvalue weighted by Crippen LogP contribution is -2.03. The van der Waals surface area contributed by atoms with Crippen molar-refractivity contribution in [3.63, 3.8) is 0 Å². The van der Waals surface area contributed by atoms with E-state index in [1.54, 1.807) is 6.07 Å². The molecule has 18 heavy (non-hydrogen) atoms. The molecule has 0 saturated heterocycles. The molecule has 0 atom stereocenters. The van der Waals surface area contributed by atoms with Crippen LogP contribution in [-0.2, 0) is 6.42 Å². The van der Waals surface area contributed by atoms with Gasteiger partial charge >= 0.3 is 0 Å². The van der Waals surface area contributed by atoms with Crippen molar-refractivity contribution in [2.45, 2.75) is 12.8 Å². The molecule has 2 aromatic rings. The third kappa shape index (κ3) is 3.94. The highest BCUT2D eigenvalue weighted by atomic mass is 35.5. The number of nitrogens with one attached hydrogen (secondary N) is 1. The van der Waals surface area contributed by atoms with Gasteiger partial charge in [0.2, 0.25) is 0 Å². The zero-order valence-electron chi connectivity index (χ0n) is 10.00. The molecule has 0 fully saturated rings. The Morgan fingerprint density at radius 3 is 2.44 bits per heavy atom. The summed E-state index contributed by atoms with van der Waals surface area (Å²) in [5.74, 6) is 0. The van der Waals surface area contributed by atoms with Crippen LogP contribution in [0.4, 0.5) is 5.69 Å². The average Bonchev–Trinajstić information content (AvgIpc) is 2.38. The quantitative estimate of drug-likeness (QED) is 0.757. The molecule has 0 amide bonds. The summed E-state index contributed by atoms with van der Waals surface area (Å²) < 4.78 is 0. The van der Waals surface area contributed by atoms with Gasteiger partial charge in [-0.2, -0.15) is 0 Å². The molecule has 0 spiro atoms. The summed E-state index contributed by atoms with van der Waals surface area (Å²) in [6.07, 6.45) is 2.14. The number of rotatable bonds is 5. The monoisotopic (exact) mass is 279 g/mol. The van der Waals surface area contributed by atoms with Gasteiger partial charge in [0.15, 0.2) is 0 Å². The maximum atomic E-state index is 6.08. The summed E-state index contributed by atoms with van der Waals surface area (Å²) >= 11 is 11.9. The van der Waals surface area contributed by atoms with Crippen LogP contribution in [0.5, 0.6) is 0 Å². The fourth-order valence-corrected chi connectivity index (χ4v) is 2.27. The Kier molecular flexibility index (Phi) is 4.91. The van der Waals surface area contributed by atoms with Crippen LogP contribution in [0.15, 0.2) is 48.5 Å². The average molecular weight is 280 g/mol. The molecule has 2 rings (SSSR count). The minimum Gasteiger partial charge on any atom is -0.384 e. The van der Waals surface area contributed by atoms with Gasteiger partial charge in [-0.25, -0.2) is 0 Å². The molecule has 2 aromatic carbocycles. The van der Waals surface area contributed by atoms with E-state index in [-0.39, 0.29) is 0 Å². The number of hydrogen-bond acceptors (Lipinski definition) is 1. The first kappa shape index (κ1) is 13.3. The van der Waals surface area contributed by atoms with E-state index in [1.165, 1.54) is 5.56 Å². The summed E-state index contributed by atoms with van der Waals surface area (Å²) in [6, 6.07) is 16.0. The molecular weight excluding hydrogens is 265 g/mol. The maximum absolute atomic E-state index is 6.08. The second-order valence-corrected chi connectivity index (χ2v) is 4.98.